The van der Waals surface area contributed by atoms with Gasteiger partial charge in [0.25, 0.3) is 5.95 Å². The number of alkyl halides is 3. The van der Waals surface area contributed by atoms with Crippen molar-refractivity contribution in [3.63, 3.8) is 0 Å². The Morgan fingerprint density at radius 3 is 2.27 bits per heavy atom. The summed E-state index contributed by atoms with van der Waals surface area (Å²) in [5, 5.41) is 15.7. The third-order valence-electron chi connectivity index (χ3n) is 5.39. The van der Waals surface area contributed by atoms with Crippen molar-refractivity contribution in [1.29, 1.82) is 0 Å². The van der Waals surface area contributed by atoms with E-state index in [0.29, 0.717) is 28.1 Å². The van der Waals surface area contributed by atoms with Crippen LogP contribution < -0.4 is 5.01 Å². The second kappa shape index (κ2) is 8.04. The first-order chi connectivity index (χ1) is 15.8. The largest absolute Gasteiger partial charge is 0.416 e. The summed E-state index contributed by atoms with van der Waals surface area (Å²) in [5.41, 5.74) is 3.23. The molecule has 0 N–H and O–H groups in total. The minimum atomic E-state index is -4.39. The fourth-order valence-electron chi connectivity index (χ4n) is 3.79. The molecule has 0 atom stereocenters. The van der Waals surface area contributed by atoms with Gasteiger partial charge in [-0.1, -0.05) is 54.1 Å². The molecule has 5 nitrogen and oxygen atoms in total. The maximum Gasteiger partial charge on any atom is 0.416 e. The van der Waals surface area contributed by atoms with E-state index in [-0.39, 0.29) is 6.54 Å². The van der Waals surface area contributed by atoms with E-state index in [9.17, 15) is 13.2 Å². The summed E-state index contributed by atoms with van der Waals surface area (Å²) in [5.74, 6) is 1.14. The van der Waals surface area contributed by atoms with Crippen molar-refractivity contribution in [2.45, 2.75) is 19.6 Å². The molecule has 0 fully saturated rings. The van der Waals surface area contributed by atoms with Gasteiger partial charge in [-0.15, -0.1) is 10.2 Å². The molecule has 0 unspecified atom stereocenters. The van der Waals surface area contributed by atoms with Crippen molar-refractivity contribution in [3.8, 4) is 5.69 Å². The minimum absolute atomic E-state index is 0.210. The third-order valence-corrected chi connectivity index (χ3v) is 5.64. The Morgan fingerprint density at radius 1 is 0.879 bits per heavy atom. The van der Waals surface area contributed by atoms with Crippen LogP contribution in [0.3, 0.4) is 0 Å². The maximum absolute atomic E-state index is 13.0. The van der Waals surface area contributed by atoms with Crippen LogP contribution >= 0.6 is 11.6 Å². The number of aromatic nitrogens is 3. The number of nitrogens with zero attached hydrogens (tertiary/aromatic N) is 5. The van der Waals surface area contributed by atoms with E-state index in [1.165, 1.54) is 12.1 Å². The summed E-state index contributed by atoms with van der Waals surface area (Å²) < 4.78 is 40.9. The van der Waals surface area contributed by atoms with Gasteiger partial charge in [-0.2, -0.15) is 18.3 Å². The van der Waals surface area contributed by atoms with Crippen LogP contribution in [0.2, 0.25) is 5.02 Å². The van der Waals surface area contributed by atoms with Crippen molar-refractivity contribution in [3.05, 3.63) is 106 Å². The van der Waals surface area contributed by atoms with Crippen molar-refractivity contribution in [2.24, 2.45) is 5.10 Å². The molecule has 33 heavy (non-hydrogen) atoms. The Balaban J connectivity index is 1.64. The number of rotatable bonds is 3. The molecule has 166 valence electrons. The van der Waals surface area contributed by atoms with Gasteiger partial charge in [0, 0.05) is 16.1 Å². The summed E-state index contributed by atoms with van der Waals surface area (Å²) >= 11 is 6.09. The third kappa shape index (κ3) is 3.98. The van der Waals surface area contributed by atoms with E-state index in [2.05, 4.69) is 10.2 Å². The molecule has 0 saturated carbocycles. The fraction of sp³-hybridized carbons (Fsp3) is 0.125. The quantitative estimate of drug-likeness (QED) is 0.370. The monoisotopic (exact) mass is 467 g/mol. The molecular weight excluding hydrogens is 451 g/mol. The Labute approximate surface area is 192 Å². The number of aryl methyl sites for hydroxylation is 1. The van der Waals surface area contributed by atoms with E-state index >= 15 is 0 Å². The molecular formula is C24H17ClF3N5. The lowest BCUT2D eigenvalue weighted by Gasteiger charge is -2.18. The molecule has 0 radical (unpaired) electrons. The average molecular weight is 468 g/mol. The van der Waals surface area contributed by atoms with Crippen LogP contribution in [0.5, 0.6) is 0 Å². The molecule has 1 aliphatic heterocycles. The molecule has 0 bridgehead atoms. The highest BCUT2D eigenvalue weighted by Gasteiger charge is 2.30. The molecule has 3 aromatic carbocycles. The highest BCUT2D eigenvalue weighted by molar-refractivity contribution is 6.30. The van der Waals surface area contributed by atoms with Gasteiger partial charge < -0.3 is 0 Å². The Morgan fingerprint density at radius 2 is 1.58 bits per heavy atom. The molecule has 5 rings (SSSR count). The van der Waals surface area contributed by atoms with Crippen LogP contribution in [-0.4, -0.2) is 20.5 Å². The van der Waals surface area contributed by atoms with Gasteiger partial charge in [0.15, 0.2) is 0 Å². The second-order valence-electron chi connectivity index (χ2n) is 7.61. The number of hydrogen-bond donors (Lipinski definition) is 0. The highest BCUT2D eigenvalue weighted by Crippen LogP contribution is 2.32. The summed E-state index contributed by atoms with van der Waals surface area (Å²) in [6.45, 7) is 2.05. The zero-order valence-electron chi connectivity index (χ0n) is 17.4. The Kier molecular flexibility index (Phi) is 5.17. The molecule has 9 heteroatoms. The zero-order valence-corrected chi connectivity index (χ0v) is 18.1. The van der Waals surface area contributed by atoms with Crippen LogP contribution in [0.25, 0.3) is 5.69 Å². The number of anilines is 1. The molecule has 1 aliphatic rings. The lowest BCUT2D eigenvalue weighted by atomic mass is 10.0. The summed E-state index contributed by atoms with van der Waals surface area (Å²) in [6, 6.07) is 20.2. The second-order valence-corrected chi connectivity index (χ2v) is 8.04. The summed E-state index contributed by atoms with van der Waals surface area (Å²) in [6.07, 6.45) is -4.39. The molecule has 0 spiro atoms. The summed E-state index contributed by atoms with van der Waals surface area (Å²) in [7, 11) is 0. The number of para-hydroxylation sites is 1. The number of fused-ring (bicyclic) bond motifs is 3. The average Bonchev–Trinajstić information content (AvgIpc) is 3.12. The number of halogens is 4. The number of benzene rings is 3. The predicted molar refractivity (Wildman–Crippen MR) is 121 cm³/mol. The first-order valence-electron chi connectivity index (χ1n) is 10.1. The predicted octanol–water partition coefficient (Wildman–Crippen LogP) is 6.02. The first-order valence-corrected chi connectivity index (χ1v) is 10.5. The Bertz CT molecular complexity index is 1340. The highest BCUT2D eigenvalue weighted by atomic mass is 35.5. The van der Waals surface area contributed by atoms with Crippen LogP contribution in [0.1, 0.15) is 28.1 Å². The minimum Gasteiger partial charge on any atom is -0.263 e. The maximum atomic E-state index is 13.0. The fourth-order valence-corrected chi connectivity index (χ4v) is 3.91. The van der Waals surface area contributed by atoms with E-state index in [0.717, 1.165) is 28.9 Å². The smallest absolute Gasteiger partial charge is 0.263 e. The lowest BCUT2D eigenvalue weighted by Crippen LogP contribution is -2.20. The van der Waals surface area contributed by atoms with Gasteiger partial charge in [-0.05, 0) is 42.8 Å². The molecule has 0 amide bonds. The zero-order chi connectivity index (χ0) is 23.2. The SMILES string of the molecule is Cc1nnc2n1-c1ccccc1C(c1ccc(Cl)cc1)=NN2Cc1ccc(C(F)(F)F)cc1. The summed E-state index contributed by atoms with van der Waals surface area (Å²) in [4.78, 5) is 0. The molecule has 0 saturated heterocycles. The number of hydrogen-bond acceptors (Lipinski definition) is 4. The lowest BCUT2D eigenvalue weighted by molar-refractivity contribution is -0.137. The normalized spacial score (nSPS) is 13.2. The van der Waals surface area contributed by atoms with E-state index in [4.69, 9.17) is 16.7 Å². The van der Waals surface area contributed by atoms with Gasteiger partial charge in [-0.25, -0.2) is 5.01 Å². The van der Waals surface area contributed by atoms with Crippen molar-refractivity contribution in [1.82, 2.24) is 14.8 Å². The van der Waals surface area contributed by atoms with E-state index in [1.807, 2.05) is 47.9 Å². The molecule has 2 heterocycles. The van der Waals surface area contributed by atoms with Crippen molar-refractivity contribution >= 4 is 23.3 Å². The molecule has 0 aliphatic carbocycles. The first kappa shape index (κ1) is 21.2. The van der Waals surface area contributed by atoms with Gasteiger partial charge in [-0.3, -0.25) is 4.57 Å². The van der Waals surface area contributed by atoms with Gasteiger partial charge in [0.2, 0.25) is 0 Å². The van der Waals surface area contributed by atoms with Crippen molar-refractivity contribution in [2.75, 3.05) is 5.01 Å². The molecule has 1 aromatic heterocycles. The van der Waals surface area contributed by atoms with Crippen molar-refractivity contribution < 1.29 is 13.2 Å². The van der Waals surface area contributed by atoms with E-state index in [1.54, 1.807) is 17.1 Å². The van der Waals surface area contributed by atoms with Gasteiger partial charge in [0.1, 0.15) is 11.5 Å². The topological polar surface area (TPSA) is 46.3 Å². The van der Waals surface area contributed by atoms with Crippen LogP contribution in [-0.2, 0) is 12.7 Å². The van der Waals surface area contributed by atoms with Crippen LogP contribution in [0.4, 0.5) is 19.1 Å². The van der Waals surface area contributed by atoms with Gasteiger partial charge >= 0.3 is 6.18 Å². The Hall–Kier alpha value is -3.65. The van der Waals surface area contributed by atoms with E-state index < -0.39 is 11.7 Å². The number of hydrazone groups is 1. The van der Waals surface area contributed by atoms with Crippen LogP contribution in [0.15, 0.2) is 77.9 Å². The van der Waals surface area contributed by atoms with Crippen LogP contribution in [0, 0.1) is 6.92 Å². The molecule has 4 aromatic rings. The van der Waals surface area contributed by atoms with Gasteiger partial charge in [0.05, 0.1) is 17.8 Å². The standard InChI is InChI=1S/C24H17ClF3N5/c1-15-29-30-23-32(14-16-6-10-18(11-7-16)24(26,27)28)31-22(17-8-12-19(25)13-9-17)20-4-2-3-5-21(20)33(15)23/h2-13H,14H2,1H3.